The second kappa shape index (κ2) is 6.19. The second-order valence-electron chi connectivity index (χ2n) is 8.72. The van der Waals surface area contributed by atoms with Crippen LogP contribution in [0, 0.1) is 11.3 Å². The van der Waals surface area contributed by atoms with Gasteiger partial charge in [0.2, 0.25) is 0 Å². The van der Waals surface area contributed by atoms with Crippen molar-refractivity contribution in [3.8, 4) is 0 Å². The summed E-state index contributed by atoms with van der Waals surface area (Å²) in [5, 5.41) is 14.6. The molecule has 0 bridgehead atoms. The van der Waals surface area contributed by atoms with E-state index in [1.807, 2.05) is 0 Å². The molecular weight excluding hydrogens is 246 g/mol. The van der Waals surface area contributed by atoms with Crippen LogP contribution in [0.2, 0.25) is 0 Å². The van der Waals surface area contributed by atoms with E-state index in [0.717, 1.165) is 12.8 Å². The van der Waals surface area contributed by atoms with Gasteiger partial charge in [-0.2, -0.15) is 0 Å². The molecule has 0 spiro atoms. The molecule has 0 aromatic heterocycles. The number of allylic oxidation sites excluding steroid dienone is 1. The average molecular weight is 281 g/mol. The van der Waals surface area contributed by atoms with E-state index in [1.165, 1.54) is 17.6 Å². The lowest BCUT2D eigenvalue weighted by molar-refractivity contribution is 0.114. The predicted octanol–water partition coefficient (Wildman–Crippen LogP) is 4.29. The van der Waals surface area contributed by atoms with Gasteiger partial charge in [-0.05, 0) is 56.9 Å². The first-order chi connectivity index (χ1) is 8.93. The maximum absolute atomic E-state index is 11.0. The smallest absolute Gasteiger partial charge is 0.0908 e. The zero-order chi connectivity index (χ0) is 15.7. The van der Waals surface area contributed by atoms with Crippen LogP contribution in [-0.2, 0) is 0 Å². The van der Waals surface area contributed by atoms with E-state index in [4.69, 9.17) is 0 Å². The summed E-state index contributed by atoms with van der Waals surface area (Å²) in [7, 11) is 0. The van der Waals surface area contributed by atoms with Crippen LogP contribution >= 0.6 is 0 Å². The summed E-state index contributed by atoms with van der Waals surface area (Å²) < 4.78 is 0. The summed E-state index contributed by atoms with van der Waals surface area (Å²) >= 11 is 0. The first-order valence-corrected chi connectivity index (χ1v) is 8.11. The Morgan fingerprint density at radius 2 is 1.55 bits per heavy atom. The van der Waals surface area contributed by atoms with Gasteiger partial charge in [-0.25, -0.2) is 0 Å². The molecule has 118 valence electrons. The highest BCUT2D eigenvalue weighted by atomic mass is 16.3. The fourth-order valence-corrected chi connectivity index (χ4v) is 3.28. The number of aliphatic hydroxyl groups excluding tert-OH is 1. The van der Waals surface area contributed by atoms with E-state index >= 15 is 0 Å². The van der Waals surface area contributed by atoms with Crippen LogP contribution in [0.15, 0.2) is 11.1 Å². The Morgan fingerprint density at radius 3 is 1.95 bits per heavy atom. The quantitative estimate of drug-likeness (QED) is 0.754. The Bertz CT molecular complexity index is 355. The Labute approximate surface area is 126 Å². The van der Waals surface area contributed by atoms with Crippen LogP contribution in [-0.4, -0.2) is 22.8 Å². The molecule has 0 amide bonds. The van der Waals surface area contributed by atoms with Gasteiger partial charge in [0, 0.05) is 11.6 Å². The Balaban J connectivity index is 3.03. The molecule has 0 radical (unpaired) electrons. The lowest BCUT2D eigenvalue weighted by atomic mass is 9.81. The van der Waals surface area contributed by atoms with Crippen molar-refractivity contribution in [2.24, 2.45) is 11.3 Å². The summed E-state index contributed by atoms with van der Waals surface area (Å²) in [6, 6.07) is 0.125. The summed E-state index contributed by atoms with van der Waals surface area (Å²) in [6.45, 7) is 17.7. The minimum absolute atomic E-state index is 0.0248. The lowest BCUT2D eigenvalue weighted by Gasteiger charge is -2.36. The number of nitrogens with one attached hydrogen (secondary N) is 1. The zero-order valence-electron chi connectivity index (χ0n) is 14.8. The number of rotatable bonds is 4. The standard InChI is InChI=1S/C18H35NO/c1-12(2)15(19-18(6,7)8)16(20)13-10-9-11-14(13)17(3,4)5/h12,15-16,19-20H,9-11H2,1-8H3/t15-,16+/m0/s1. The fraction of sp³-hybridized carbons (Fsp3) is 0.889. The summed E-state index contributed by atoms with van der Waals surface area (Å²) in [6.07, 6.45) is 3.05. The molecule has 20 heavy (non-hydrogen) atoms. The van der Waals surface area contributed by atoms with Crippen molar-refractivity contribution < 1.29 is 5.11 Å². The Hall–Kier alpha value is -0.340. The lowest BCUT2D eigenvalue weighted by Crippen LogP contribution is -2.52. The molecule has 1 rings (SSSR count). The monoisotopic (exact) mass is 281 g/mol. The molecule has 2 atom stereocenters. The van der Waals surface area contributed by atoms with Crippen LogP contribution in [0.1, 0.15) is 74.7 Å². The van der Waals surface area contributed by atoms with E-state index in [2.05, 4.69) is 60.7 Å². The van der Waals surface area contributed by atoms with Crippen molar-refractivity contribution in [1.82, 2.24) is 5.32 Å². The molecule has 0 aliphatic heterocycles. The third-order valence-corrected chi connectivity index (χ3v) is 4.18. The Morgan fingerprint density at radius 1 is 1.00 bits per heavy atom. The first kappa shape index (κ1) is 17.7. The van der Waals surface area contributed by atoms with Crippen LogP contribution in [0.5, 0.6) is 0 Å². The zero-order valence-corrected chi connectivity index (χ0v) is 14.8. The molecular formula is C18H35NO. The van der Waals surface area contributed by atoms with Crippen LogP contribution in [0.3, 0.4) is 0 Å². The molecule has 0 unspecified atom stereocenters. The molecule has 1 aliphatic carbocycles. The number of aliphatic hydroxyl groups is 1. The predicted molar refractivity (Wildman–Crippen MR) is 87.9 cm³/mol. The highest BCUT2D eigenvalue weighted by Crippen LogP contribution is 2.41. The second-order valence-corrected chi connectivity index (χ2v) is 8.72. The normalized spacial score (nSPS) is 20.7. The van der Waals surface area contributed by atoms with E-state index in [1.54, 1.807) is 0 Å². The van der Waals surface area contributed by atoms with Crippen molar-refractivity contribution in [1.29, 1.82) is 0 Å². The molecule has 0 heterocycles. The highest BCUT2D eigenvalue weighted by Gasteiger charge is 2.34. The molecule has 2 heteroatoms. The van der Waals surface area contributed by atoms with Crippen LogP contribution in [0.4, 0.5) is 0 Å². The molecule has 0 aromatic carbocycles. The third kappa shape index (κ3) is 4.60. The van der Waals surface area contributed by atoms with E-state index in [0.29, 0.717) is 5.92 Å². The Kier molecular flexibility index (Phi) is 5.48. The molecule has 0 saturated carbocycles. The van der Waals surface area contributed by atoms with Gasteiger partial charge >= 0.3 is 0 Å². The topological polar surface area (TPSA) is 32.3 Å². The first-order valence-electron chi connectivity index (χ1n) is 8.11. The average Bonchev–Trinajstić information content (AvgIpc) is 2.71. The molecule has 2 nitrogen and oxygen atoms in total. The minimum atomic E-state index is -0.356. The van der Waals surface area contributed by atoms with Crippen molar-refractivity contribution in [2.75, 3.05) is 0 Å². The third-order valence-electron chi connectivity index (χ3n) is 4.18. The van der Waals surface area contributed by atoms with Gasteiger partial charge in [0.1, 0.15) is 0 Å². The van der Waals surface area contributed by atoms with Gasteiger partial charge in [0.15, 0.2) is 0 Å². The van der Waals surface area contributed by atoms with Gasteiger partial charge in [-0.3, -0.25) is 0 Å². The van der Waals surface area contributed by atoms with Gasteiger partial charge in [0.25, 0.3) is 0 Å². The van der Waals surface area contributed by atoms with Crippen molar-refractivity contribution in [3.05, 3.63) is 11.1 Å². The minimum Gasteiger partial charge on any atom is -0.387 e. The number of hydrogen-bond acceptors (Lipinski definition) is 2. The maximum atomic E-state index is 11.0. The molecule has 1 aliphatic rings. The van der Waals surface area contributed by atoms with Crippen molar-refractivity contribution in [3.63, 3.8) is 0 Å². The maximum Gasteiger partial charge on any atom is 0.0908 e. The molecule has 0 aromatic rings. The summed E-state index contributed by atoms with van der Waals surface area (Å²) in [5.74, 6) is 0.415. The van der Waals surface area contributed by atoms with Gasteiger partial charge in [0.05, 0.1) is 6.10 Å². The van der Waals surface area contributed by atoms with E-state index in [9.17, 15) is 5.11 Å². The number of hydrogen-bond donors (Lipinski definition) is 2. The largest absolute Gasteiger partial charge is 0.387 e. The SMILES string of the molecule is CC(C)[C@H](NC(C)(C)C)[C@H](O)C1=C(C(C)(C)C)CCC1. The highest BCUT2D eigenvalue weighted by molar-refractivity contribution is 5.29. The van der Waals surface area contributed by atoms with Crippen LogP contribution < -0.4 is 5.32 Å². The van der Waals surface area contributed by atoms with Gasteiger partial charge in [-0.15, -0.1) is 0 Å². The van der Waals surface area contributed by atoms with Gasteiger partial charge < -0.3 is 10.4 Å². The molecule has 0 fully saturated rings. The van der Waals surface area contributed by atoms with Crippen molar-refractivity contribution in [2.45, 2.75) is 92.3 Å². The van der Waals surface area contributed by atoms with Crippen molar-refractivity contribution >= 4 is 0 Å². The summed E-state index contributed by atoms with van der Waals surface area (Å²) in [4.78, 5) is 0. The molecule has 0 saturated heterocycles. The summed E-state index contributed by atoms with van der Waals surface area (Å²) in [5.41, 5.74) is 2.98. The fourth-order valence-electron chi connectivity index (χ4n) is 3.28. The molecule has 2 N–H and O–H groups in total. The van der Waals surface area contributed by atoms with E-state index in [-0.39, 0.29) is 23.1 Å². The van der Waals surface area contributed by atoms with Gasteiger partial charge in [-0.1, -0.05) is 40.2 Å². The van der Waals surface area contributed by atoms with Crippen LogP contribution in [0.25, 0.3) is 0 Å². The van der Waals surface area contributed by atoms with E-state index < -0.39 is 0 Å².